The van der Waals surface area contributed by atoms with Crippen molar-refractivity contribution in [1.82, 2.24) is 10.2 Å². The second-order valence-corrected chi connectivity index (χ2v) is 5.44. The summed E-state index contributed by atoms with van der Waals surface area (Å²) in [5.41, 5.74) is 0.196. The maximum Gasteiger partial charge on any atom is 0.239 e. The third-order valence-electron chi connectivity index (χ3n) is 4.03. The predicted molar refractivity (Wildman–Crippen MR) is 65.4 cm³/mol. The number of likely N-dealkylation sites (tertiary alicyclic amines) is 1. The monoisotopic (exact) mass is 238 g/mol. The van der Waals surface area contributed by atoms with E-state index in [1.54, 1.807) is 4.90 Å². The molecule has 1 N–H and O–H groups in total. The molecule has 0 unspecified atom stereocenters. The Balaban J connectivity index is 1.92. The summed E-state index contributed by atoms with van der Waals surface area (Å²) >= 11 is 0. The first kappa shape index (κ1) is 12.4. The number of hydrogen-bond donors (Lipinski definition) is 1. The normalized spacial score (nSPS) is 23.1. The highest BCUT2D eigenvalue weighted by Crippen LogP contribution is 2.43. The summed E-state index contributed by atoms with van der Waals surface area (Å²) in [4.78, 5) is 25.2. The highest BCUT2D eigenvalue weighted by atomic mass is 16.2. The molecule has 1 aliphatic heterocycles. The zero-order chi connectivity index (χ0) is 12.3. The number of likely N-dealkylation sites (N-methyl/N-ethyl adjacent to an activating group) is 1. The molecule has 1 spiro atoms. The van der Waals surface area contributed by atoms with Crippen molar-refractivity contribution in [3.63, 3.8) is 0 Å². The second kappa shape index (κ2) is 5.07. The van der Waals surface area contributed by atoms with Crippen molar-refractivity contribution in [2.75, 3.05) is 19.6 Å². The number of nitrogens with zero attached hydrogens (tertiary/aromatic N) is 1. The van der Waals surface area contributed by atoms with E-state index in [0.717, 1.165) is 19.4 Å². The summed E-state index contributed by atoms with van der Waals surface area (Å²) in [5, 5.41) is 2.75. The molecule has 1 saturated carbocycles. The van der Waals surface area contributed by atoms with E-state index >= 15 is 0 Å². The molecule has 1 saturated heterocycles. The van der Waals surface area contributed by atoms with Gasteiger partial charge in [0.25, 0.3) is 0 Å². The summed E-state index contributed by atoms with van der Waals surface area (Å²) < 4.78 is 0. The van der Waals surface area contributed by atoms with Crippen LogP contribution < -0.4 is 5.32 Å². The fourth-order valence-electron chi connectivity index (χ4n) is 3.19. The van der Waals surface area contributed by atoms with Gasteiger partial charge in [0, 0.05) is 19.5 Å². The lowest BCUT2D eigenvalue weighted by molar-refractivity contribution is -0.133. The molecule has 2 amide bonds. The van der Waals surface area contributed by atoms with Crippen LogP contribution in [0.15, 0.2) is 0 Å². The number of rotatable bonds is 3. The molecule has 2 fully saturated rings. The number of carbonyl (C=O) groups is 2. The number of carbonyl (C=O) groups excluding carboxylic acids is 2. The van der Waals surface area contributed by atoms with E-state index in [1.165, 1.54) is 19.3 Å². The van der Waals surface area contributed by atoms with E-state index in [-0.39, 0.29) is 23.8 Å². The quantitative estimate of drug-likeness (QED) is 0.806. The molecule has 0 atom stereocenters. The molecule has 4 heteroatoms. The van der Waals surface area contributed by atoms with Crippen LogP contribution in [-0.4, -0.2) is 36.3 Å². The van der Waals surface area contributed by atoms with Crippen LogP contribution >= 0.6 is 0 Å². The van der Waals surface area contributed by atoms with Gasteiger partial charge in [0.15, 0.2) is 0 Å². The average molecular weight is 238 g/mol. The Morgan fingerprint density at radius 1 is 1.35 bits per heavy atom. The maximum atomic E-state index is 11.9. The molecule has 2 rings (SSSR count). The Morgan fingerprint density at radius 2 is 2.06 bits per heavy atom. The zero-order valence-electron chi connectivity index (χ0n) is 10.6. The van der Waals surface area contributed by atoms with Crippen molar-refractivity contribution in [2.45, 2.75) is 45.4 Å². The summed E-state index contributed by atoms with van der Waals surface area (Å²) in [7, 11) is 0. The average Bonchev–Trinajstić information content (AvgIpc) is 2.56. The van der Waals surface area contributed by atoms with Crippen molar-refractivity contribution in [3.05, 3.63) is 0 Å². The van der Waals surface area contributed by atoms with Gasteiger partial charge in [-0.25, -0.2) is 0 Å². The fraction of sp³-hybridized carbons (Fsp3) is 0.846. The van der Waals surface area contributed by atoms with E-state index in [1.807, 2.05) is 6.92 Å². The van der Waals surface area contributed by atoms with E-state index in [9.17, 15) is 9.59 Å². The Labute approximate surface area is 103 Å². The van der Waals surface area contributed by atoms with E-state index < -0.39 is 0 Å². The van der Waals surface area contributed by atoms with Crippen LogP contribution in [0, 0.1) is 5.41 Å². The number of nitrogens with one attached hydrogen (secondary N) is 1. The second-order valence-electron chi connectivity index (χ2n) is 5.44. The van der Waals surface area contributed by atoms with Gasteiger partial charge in [-0.3, -0.25) is 9.59 Å². The third-order valence-corrected chi connectivity index (χ3v) is 4.03. The Morgan fingerprint density at radius 3 is 2.71 bits per heavy atom. The number of amides is 2. The van der Waals surface area contributed by atoms with Crippen LogP contribution in [0.4, 0.5) is 0 Å². The molecule has 0 bridgehead atoms. The summed E-state index contributed by atoms with van der Waals surface area (Å²) in [6, 6.07) is 0. The summed E-state index contributed by atoms with van der Waals surface area (Å²) in [6.07, 6.45) is 6.75. The topological polar surface area (TPSA) is 49.4 Å². The Bertz CT molecular complexity index is 309. The molecule has 0 aromatic heterocycles. The van der Waals surface area contributed by atoms with Crippen molar-refractivity contribution < 1.29 is 9.59 Å². The molecule has 1 heterocycles. The van der Waals surface area contributed by atoms with Crippen LogP contribution in [0.25, 0.3) is 0 Å². The lowest BCUT2D eigenvalue weighted by atomic mass is 9.73. The Kier molecular flexibility index (Phi) is 3.69. The van der Waals surface area contributed by atoms with Gasteiger partial charge in [-0.2, -0.15) is 0 Å². The predicted octanol–water partition coefficient (Wildman–Crippen LogP) is 1.31. The van der Waals surface area contributed by atoms with Gasteiger partial charge in [0.05, 0.1) is 6.54 Å². The van der Waals surface area contributed by atoms with E-state index in [4.69, 9.17) is 0 Å². The molecule has 0 aromatic carbocycles. The van der Waals surface area contributed by atoms with Crippen molar-refractivity contribution >= 4 is 11.8 Å². The van der Waals surface area contributed by atoms with Crippen LogP contribution in [-0.2, 0) is 9.59 Å². The standard InChI is InChI=1S/C13H22N2O2/c1-2-14-11(16)9-15-10-13(8-12(15)17)6-4-3-5-7-13/h2-10H2,1H3,(H,14,16). The summed E-state index contributed by atoms with van der Waals surface area (Å²) in [6.45, 7) is 3.57. The lowest BCUT2D eigenvalue weighted by Gasteiger charge is -2.32. The summed E-state index contributed by atoms with van der Waals surface area (Å²) in [5.74, 6) is 0.131. The van der Waals surface area contributed by atoms with Crippen LogP contribution in [0.3, 0.4) is 0 Å². The molecule has 2 aliphatic rings. The lowest BCUT2D eigenvalue weighted by Crippen LogP contribution is -2.39. The molecular formula is C13H22N2O2. The van der Waals surface area contributed by atoms with Gasteiger partial charge < -0.3 is 10.2 Å². The van der Waals surface area contributed by atoms with Gasteiger partial charge in [-0.05, 0) is 25.2 Å². The minimum atomic E-state index is -0.0336. The van der Waals surface area contributed by atoms with Crippen molar-refractivity contribution in [1.29, 1.82) is 0 Å². The largest absolute Gasteiger partial charge is 0.355 e. The van der Waals surface area contributed by atoms with E-state index in [0.29, 0.717) is 13.0 Å². The van der Waals surface area contributed by atoms with Crippen LogP contribution in [0.1, 0.15) is 45.4 Å². The smallest absolute Gasteiger partial charge is 0.239 e. The van der Waals surface area contributed by atoms with Gasteiger partial charge in [-0.15, -0.1) is 0 Å². The molecule has 17 heavy (non-hydrogen) atoms. The molecule has 96 valence electrons. The first-order valence-corrected chi connectivity index (χ1v) is 6.70. The molecule has 0 radical (unpaired) electrons. The van der Waals surface area contributed by atoms with E-state index in [2.05, 4.69) is 5.32 Å². The molecular weight excluding hydrogens is 216 g/mol. The highest BCUT2D eigenvalue weighted by molar-refractivity contribution is 5.86. The van der Waals surface area contributed by atoms with Gasteiger partial charge in [0.1, 0.15) is 0 Å². The van der Waals surface area contributed by atoms with Gasteiger partial charge in [0.2, 0.25) is 11.8 Å². The van der Waals surface area contributed by atoms with Crippen molar-refractivity contribution in [3.8, 4) is 0 Å². The molecule has 0 aromatic rings. The first-order valence-electron chi connectivity index (χ1n) is 6.70. The Hall–Kier alpha value is -1.06. The third kappa shape index (κ3) is 2.79. The fourth-order valence-corrected chi connectivity index (χ4v) is 3.19. The number of hydrogen-bond acceptors (Lipinski definition) is 2. The molecule has 4 nitrogen and oxygen atoms in total. The van der Waals surface area contributed by atoms with Gasteiger partial charge in [-0.1, -0.05) is 19.3 Å². The van der Waals surface area contributed by atoms with Crippen LogP contribution in [0.2, 0.25) is 0 Å². The van der Waals surface area contributed by atoms with Gasteiger partial charge >= 0.3 is 0 Å². The minimum absolute atomic E-state index is 0.0336. The minimum Gasteiger partial charge on any atom is -0.355 e. The highest BCUT2D eigenvalue weighted by Gasteiger charge is 2.43. The van der Waals surface area contributed by atoms with Crippen LogP contribution in [0.5, 0.6) is 0 Å². The first-order chi connectivity index (χ1) is 8.15. The van der Waals surface area contributed by atoms with Crippen molar-refractivity contribution in [2.24, 2.45) is 5.41 Å². The molecule has 1 aliphatic carbocycles. The zero-order valence-corrected chi connectivity index (χ0v) is 10.6. The SMILES string of the molecule is CCNC(=O)CN1CC2(CCCCC2)CC1=O. The maximum absolute atomic E-state index is 11.9.